The topological polar surface area (TPSA) is 43.9 Å². The number of aromatic nitrogens is 3. The van der Waals surface area contributed by atoms with E-state index in [4.69, 9.17) is 4.52 Å². The van der Waals surface area contributed by atoms with E-state index in [0.29, 0.717) is 5.65 Å². The normalized spacial score (nSPS) is 11.2. The first-order valence-electron chi connectivity index (χ1n) is 5.69. The molecule has 0 amide bonds. The van der Waals surface area contributed by atoms with Crippen LogP contribution < -0.4 is 0 Å². The molecule has 3 rings (SSSR count). The van der Waals surface area contributed by atoms with Crippen LogP contribution >= 0.6 is 0 Å². The maximum Gasteiger partial charge on any atom is 0.221 e. The molecule has 0 atom stereocenters. The highest BCUT2D eigenvalue weighted by Gasteiger charge is 2.17. The first-order chi connectivity index (χ1) is 8.31. The van der Waals surface area contributed by atoms with Gasteiger partial charge in [-0.3, -0.25) is 0 Å². The molecule has 86 valence electrons. The van der Waals surface area contributed by atoms with Crippen LogP contribution in [0.1, 0.15) is 12.7 Å². The fraction of sp³-hybridized carbons (Fsp3) is 0.231. The molecule has 0 saturated carbocycles. The first kappa shape index (κ1) is 10.1. The molecule has 0 fully saturated rings. The quantitative estimate of drug-likeness (QED) is 0.676. The van der Waals surface area contributed by atoms with Gasteiger partial charge in [-0.2, -0.15) is 0 Å². The molecule has 4 nitrogen and oxygen atoms in total. The number of imidazole rings is 1. The number of aryl methyl sites for hydroxylation is 2. The third-order valence-electron chi connectivity index (χ3n) is 2.93. The predicted molar refractivity (Wildman–Crippen MR) is 65.6 cm³/mol. The van der Waals surface area contributed by atoms with Crippen LogP contribution in [0.15, 0.2) is 34.9 Å². The molecule has 0 aliphatic rings. The summed E-state index contributed by atoms with van der Waals surface area (Å²) >= 11 is 0. The first-order valence-corrected chi connectivity index (χ1v) is 5.69. The van der Waals surface area contributed by atoms with Gasteiger partial charge in [0.1, 0.15) is 11.3 Å². The number of hydrogen-bond acceptors (Lipinski definition) is 3. The monoisotopic (exact) mass is 227 g/mol. The van der Waals surface area contributed by atoms with Crippen LogP contribution in [0.25, 0.3) is 22.5 Å². The molecule has 2 aromatic heterocycles. The molecule has 0 bridgehead atoms. The third kappa shape index (κ3) is 1.45. The van der Waals surface area contributed by atoms with E-state index in [0.717, 1.165) is 29.2 Å². The molecular weight excluding hydrogens is 214 g/mol. The lowest BCUT2D eigenvalue weighted by atomic mass is 10.1. The number of nitrogens with zero attached hydrogens (tertiary/aromatic N) is 3. The van der Waals surface area contributed by atoms with Crippen LogP contribution in [-0.2, 0) is 6.54 Å². The summed E-state index contributed by atoms with van der Waals surface area (Å²) in [5.74, 6) is 1.76. The van der Waals surface area contributed by atoms with Gasteiger partial charge in [-0.25, -0.2) is 4.98 Å². The molecule has 17 heavy (non-hydrogen) atoms. The minimum Gasteiger partial charge on any atom is -0.352 e. The van der Waals surface area contributed by atoms with Crippen LogP contribution in [0.5, 0.6) is 0 Å². The maximum atomic E-state index is 5.41. The third-order valence-corrected chi connectivity index (χ3v) is 2.93. The average Bonchev–Trinajstić information content (AvgIpc) is 2.88. The minimum absolute atomic E-state index is 0.684. The zero-order chi connectivity index (χ0) is 11.8. The van der Waals surface area contributed by atoms with Gasteiger partial charge in [0.25, 0.3) is 0 Å². The molecule has 4 heteroatoms. The maximum absolute atomic E-state index is 5.41. The number of hydrogen-bond donors (Lipinski definition) is 0. The minimum atomic E-state index is 0.684. The lowest BCUT2D eigenvalue weighted by molar-refractivity contribution is 0.437. The van der Waals surface area contributed by atoms with Gasteiger partial charge < -0.3 is 9.09 Å². The number of rotatable bonds is 2. The lowest BCUT2D eigenvalue weighted by Crippen LogP contribution is -1.97. The van der Waals surface area contributed by atoms with Crippen molar-refractivity contribution < 1.29 is 4.52 Å². The average molecular weight is 227 g/mol. The van der Waals surface area contributed by atoms with Gasteiger partial charge in [0.2, 0.25) is 5.65 Å². The Hall–Kier alpha value is -2.10. The zero-order valence-corrected chi connectivity index (χ0v) is 9.84. The summed E-state index contributed by atoms with van der Waals surface area (Å²) in [7, 11) is 0. The van der Waals surface area contributed by atoms with Crippen molar-refractivity contribution in [2.75, 3.05) is 0 Å². The fourth-order valence-electron chi connectivity index (χ4n) is 2.13. The Morgan fingerprint density at radius 1 is 1.24 bits per heavy atom. The SMILES string of the molecule is CCn1c(C)nc2noc(-c3ccccc3)c21. The Bertz CT molecular complexity index is 652. The van der Waals surface area contributed by atoms with E-state index in [9.17, 15) is 0 Å². The van der Waals surface area contributed by atoms with Gasteiger partial charge in [0.05, 0.1) is 0 Å². The predicted octanol–water partition coefficient (Wildman–Crippen LogP) is 3.02. The fourth-order valence-corrected chi connectivity index (χ4v) is 2.13. The Balaban J connectivity index is 2.31. The van der Waals surface area contributed by atoms with Crippen molar-refractivity contribution in [2.24, 2.45) is 0 Å². The molecule has 1 aromatic carbocycles. The summed E-state index contributed by atoms with van der Waals surface area (Å²) in [5.41, 5.74) is 2.70. The van der Waals surface area contributed by atoms with Crippen molar-refractivity contribution in [1.29, 1.82) is 0 Å². The van der Waals surface area contributed by atoms with Crippen LogP contribution in [0, 0.1) is 6.92 Å². The molecule has 0 unspecified atom stereocenters. The zero-order valence-electron chi connectivity index (χ0n) is 9.84. The second-order valence-electron chi connectivity index (χ2n) is 3.95. The number of fused-ring (bicyclic) bond motifs is 1. The smallest absolute Gasteiger partial charge is 0.221 e. The number of benzene rings is 1. The summed E-state index contributed by atoms with van der Waals surface area (Å²) < 4.78 is 7.52. The van der Waals surface area contributed by atoms with Crippen molar-refractivity contribution in [2.45, 2.75) is 20.4 Å². The highest BCUT2D eigenvalue weighted by Crippen LogP contribution is 2.28. The summed E-state index contributed by atoms with van der Waals surface area (Å²) in [6.07, 6.45) is 0. The van der Waals surface area contributed by atoms with Crippen molar-refractivity contribution >= 4 is 11.2 Å². The van der Waals surface area contributed by atoms with Crippen LogP contribution in [-0.4, -0.2) is 14.7 Å². The molecule has 0 radical (unpaired) electrons. The molecule has 0 aliphatic carbocycles. The van der Waals surface area contributed by atoms with E-state index >= 15 is 0 Å². The summed E-state index contributed by atoms with van der Waals surface area (Å²) in [4.78, 5) is 4.39. The molecule has 0 N–H and O–H groups in total. The highest BCUT2D eigenvalue weighted by atomic mass is 16.5. The van der Waals surface area contributed by atoms with Crippen molar-refractivity contribution in [1.82, 2.24) is 14.7 Å². The Morgan fingerprint density at radius 3 is 2.71 bits per heavy atom. The van der Waals surface area contributed by atoms with Gasteiger partial charge in [0.15, 0.2) is 5.76 Å². The Kier molecular flexibility index (Phi) is 2.21. The standard InChI is InChI=1S/C13H13N3O/c1-3-16-9(2)14-13-11(16)12(17-15-13)10-7-5-4-6-8-10/h4-8H,3H2,1-2H3. The molecule has 0 saturated heterocycles. The van der Waals surface area contributed by atoms with Crippen LogP contribution in [0.3, 0.4) is 0 Å². The largest absolute Gasteiger partial charge is 0.352 e. The Labute approximate surface area is 98.9 Å². The van der Waals surface area contributed by atoms with E-state index in [-0.39, 0.29) is 0 Å². The van der Waals surface area contributed by atoms with Gasteiger partial charge in [-0.05, 0) is 13.8 Å². The summed E-state index contributed by atoms with van der Waals surface area (Å²) in [5, 5.41) is 4.02. The van der Waals surface area contributed by atoms with E-state index in [1.807, 2.05) is 37.3 Å². The van der Waals surface area contributed by atoms with E-state index < -0.39 is 0 Å². The van der Waals surface area contributed by atoms with Gasteiger partial charge in [-0.15, -0.1) is 0 Å². The van der Waals surface area contributed by atoms with Crippen molar-refractivity contribution in [3.8, 4) is 11.3 Å². The van der Waals surface area contributed by atoms with Gasteiger partial charge >= 0.3 is 0 Å². The molecule has 3 aromatic rings. The molecule has 0 aliphatic heterocycles. The van der Waals surface area contributed by atoms with Crippen LogP contribution in [0.4, 0.5) is 0 Å². The van der Waals surface area contributed by atoms with E-state index in [2.05, 4.69) is 21.6 Å². The molecule has 2 heterocycles. The second-order valence-corrected chi connectivity index (χ2v) is 3.95. The highest BCUT2D eigenvalue weighted by molar-refractivity contribution is 5.87. The van der Waals surface area contributed by atoms with Gasteiger partial charge in [0, 0.05) is 12.1 Å². The van der Waals surface area contributed by atoms with E-state index in [1.165, 1.54) is 0 Å². The van der Waals surface area contributed by atoms with Crippen molar-refractivity contribution in [3.63, 3.8) is 0 Å². The summed E-state index contributed by atoms with van der Waals surface area (Å²) in [6, 6.07) is 10.00. The summed E-state index contributed by atoms with van der Waals surface area (Å²) in [6.45, 7) is 4.94. The molecule has 0 spiro atoms. The van der Waals surface area contributed by atoms with E-state index in [1.54, 1.807) is 0 Å². The van der Waals surface area contributed by atoms with Crippen molar-refractivity contribution in [3.05, 3.63) is 36.2 Å². The van der Waals surface area contributed by atoms with Crippen LogP contribution in [0.2, 0.25) is 0 Å². The Morgan fingerprint density at radius 2 is 2.00 bits per heavy atom. The second kappa shape index (κ2) is 3.73. The molecular formula is C13H13N3O. The van der Waals surface area contributed by atoms with Gasteiger partial charge in [-0.1, -0.05) is 35.5 Å². The lowest BCUT2D eigenvalue weighted by Gasteiger charge is -2.02.